The summed E-state index contributed by atoms with van der Waals surface area (Å²) in [6.07, 6.45) is 0. The van der Waals surface area contributed by atoms with Gasteiger partial charge in [0, 0.05) is 23.0 Å². The number of urea groups is 1. The molecule has 0 bridgehead atoms. The Kier molecular flexibility index (Phi) is 4.14. The molecule has 1 aliphatic heterocycles. The topological polar surface area (TPSA) is 44.7 Å². The zero-order valence-corrected chi connectivity index (χ0v) is 11.8. The fraction of sp³-hybridized carbons (Fsp3) is 0.333. The van der Waals surface area contributed by atoms with Gasteiger partial charge in [-0.15, -0.1) is 0 Å². The average molecular weight is 284 g/mol. The number of anilines is 1. The minimum absolute atomic E-state index is 0.211. The van der Waals surface area contributed by atoms with E-state index in [1.54, 1.807) is 43.1 Å². The first-order valence-electron chi connectivity index (χ1n) is 5.57. The molecule has 0 aromatic heterocycles. The van der Waals surface area contributed by atoms with Crippen molar-refractivity contribution in [2.45, 2.75) is 12.2 Å². The number of hydrogen-bond acceptors (Lipinski definition) is 3. The lowest BCUT2D eigenvalue weighted by Crippen LogP contribution is -2.34. The molecule has 0 fully saturated rings. The first-order valence-corrected chi connectivity index (χ1v) is 6.83. The van der Waals surface area contributed by atoms with Crippen molar-refractivity contribution in [2.75, 3.05) is 18.9 Å². The van der Waals surface area contributed by atoms with Gasteiger partial charge >= 0.3 is 6.03 Å². The standard InChI is InChI=1S/C12H14ClN3OS/c1-8-7-14-12(18-8)16(2)11(17)15-10-5-3-4-9(13)6-10/h3-6,8H,7H2,1-2H3,(H,15,17)/t8-/m1/s1. The van der Waals surface area contributed by atoms with Crippen molar-refractivity contribution < 1.29 is 4.79 Å². The molecule has 96 valence electrons. The van der Waals surface area contributed by atoms with Crippen LogP contribution in [0.3, 0.4) is 0 Å². The van der Waals surface area contributed by atoms with Crippen LogP contribution >= 0.6 is 23.4 Å². The summed E-state index contributed by atoms with van der Waals surface area (Å²) in [5.41, 5.74) is 0.677. The SMILES string of the molecule is C[C@@H]1CN=C(N(C)C(=O)Nc2cccc(Cl)c2)S1. The normalized spacial score (nSPS) is 18.4. The highest BCUT2D eigenvalue weighted by Gasteiger charge is 2.22. The minimum atomic E-state index is -0.211. The van der Waals surface area contributed by atoms with Crippen molar-refractivity contribution in [3.8, 4) is 0 Å². The molecule has 1 N–H and O–H groups in total. The molecule has 0 saturated heterocycles. The van der Waals surface area contributed by atoms with Crippen LogP contribution in [0.15, 0.2) is 29.3 Å². The number of thioether (sulfide) groups is 1. The predicted molar refractivity (Wildman–Crippen MR) is 77.6 cm³/mol. The van der Waals surface area contributed by atoms with E-state index in [4.69, 9.17) is 11.6 Å². The third-order valence-electron chi connectivity index (χ3n) is 2.46. The van der Waals surface area contributed by atoms with E-state index in [0.717, 1.165) is 11.7 Å². The smallest absolute Gasteiger partial charge is 0.307 e. The number of halogens is 1. The molecule has 1 atom stereocenters. The van der Waals surface area contributed by atoms with Crippen LogP contribution in [0.5, 0.6) is 0 Å². The Labute approximate surface area is 115 Å². The molecule has 6 heteroatoms. The summed E-state index contributed by atoms with van der Waals surface area (Å²) in [7, 11) is 1.71. The Morgan fingerprint density at radius 3 is 3.00 bits per heavy atom. The van der Waals surface area contributed by atoms with Crippen LogP contribution in [0.2, 0.25) is 5.02 Å². The number of amidine groups is 1. The number of nitrogens with zero attached hydrogens (tertiary/aromatic N) is 2. The number of hydrogen-bond donors (Lipinski definition) is 1. The number of carbonyl (C=O) groups is 1. The number of benzene rings is 1. The van der Waals surface area contributed by atoms with E-state index in [1.165, 1.54) is 4.90 Å². The Bertz CT molecular complexity index is 492. The van der Waals surface area contributed by atoms with Crippen molar-refractivity contribution in [1.82, 2.24) is 4.90 Å². The van der Waals surface area contributed by atoms with E-state index in [2.05, 4.69) is 17.2 Å². The quantitative estimate of drug-likeness (QED) is 0.859. The summed E-state index contributed by atoms with van der Waals surface area (Å²) in [6, 6.07) is 6.85. The van der Waals surface area contributed by atoms with Gasteiger partial charge in [-0.3, -0.25) is 9.89 Å². The van der Waals surface area contributed by atoms with Gasteiger partial charge in [-0.25, -0.2) is 4.79 Å². The minimum Gasteiger partial charge on any atom is -0.307 e. The molecule has 4 nitrogen and oxygen atoms in total. The van der Waals surface area contributed by atoms with Gasteiger partial charge in [-0.05, 0) is 18.2 Å². The highest BCUT2D eigenvalue weighted by molar-refractivity contribution is 8.14. The number of amides is 2. The fourth-order valence-electron chi connectivity index (χ4n) is 1.51. The average Bonchev–Trinajstić information content (AvgIpc) is 2.75. The van der Waals surface area contributed by atoms with E-state index >= 15 is 0 Å². The van der Waals surface area contributed by atoms with Gasteiger partial charge in [0.15, 0.2) is 5.17 Å². The third kappa shape index (κ3) is 3.17. The molecular weight excluding hydrogens is 270 g/mol. The monoisotopic (exact) mass is 283 g/mol. The second-order valence-corrected chi connectivity index (χ2v) is 5.89. The van der Waals surface area contributed by atoms with Crippen LogP contribution in [-0.4, -0.2) is 34.9 Å². The van der Waals surface area contributed by atoms with E-state index < -0.39 is 0 Å². The first-order chi connectivity index (χ1) is 8.56. The highest BCUT2D eigenvalue weighted by Crippen LogP contribution is 2.22. The van der Waals surface area contributed by atoms with Crippen molar-refractivity contribution in [1.29, 1.82) is 0 Å². The van der Waals surface area contributed by atoms with Crippen molar-refractivity contribution in [3.63, 3.8) is 0 Å². The lowest BCUT2D eigenvalue weighted by atomic mass is 10.3. The highest BCUT2D eigenvalue weighted by atomic mass is 35.5. The molecule has 18 heavy (non-hydrogen) atoms. The van der Waals surface area contributed by atoms with Crippen molar-refractivity contribution in [2.24, 2.45) is 4.99 Å². The lowest BCUT2D eigenvalue weighted by molar-refractivity contribution is 0.239. The van der Waals surface area contributed by atoms with Crippen LogP contribution in [-0.2, 0) is 0 Å². The number of rotatable bonds is 1. The van der Waals surface area contributed by atoms with Gasteiger partial charge in [-0.1, -0.05) is 36.4 Å². The van der Waals surface area contributed by atoms with E-state index in [-0.39, 0.29) is 6.03 Å². The maximum Gasteiger partial charge on any atom is 0.327 e. The van der Waals surface area contributed by atoms with Gasteiger partial charge < -0.3 is 5.32 Å². The Morgan fingerprint density at radius 1 is 1.61 bits per heavy atom. The Balaban J connectivity index is 2.00. The van der Waals surface area contributed by atoms with E-state index in [0.29, 0.717) is 16.0 Å². The van der Waals surface area contributed by atoms with Crippen LogP contribution in [0, 0.1) is 0 Å². The van der Waals surface area contributed by atoms with Gasteiger partial charge in [-0.2, -0.15) is 0 Å². The molecule has 2 rings (SSSR count). The zero-order chi connectivity index (χ0) is 13.1. The lowest BCUT2D eigenvalue weighted by Gasteiger charge is -2.17. The number of nitrogens with one attached hydrogen (secondary N) is 1. The molecule has 0 saturated carbocycles. The number of aliphatic imine (C=N–C) groups is 1. The summed E-state index contributed by atoms with van der Waals surface area (Å²) in [5, 5.41) is 4.56. The molecule has 1 aromatic carbocycles. The van der Waals surface area contributed by atoms with E-state index in [1.807, 2.05) is 0 Å². The molecule has 1 aliphatic rings. The molecule has 0 radical (unpaired) electrons. The maximum absolute atomic E-state index is 12.0. The molecular formula is C12H14ClN3OS. The zero-order valence-electron chi connectivity index (χ0n) is 10.2. The van der Waals surface area contributed by atoms with E-state index in [9.17, 15) is 4.79 Å². The molecule has 2 amide bonds. The second-order valence-electron chi connectivity index (χ2n) is 4.05. The Hall–Kier alpha value is -1.20. The Morgan fingerprint density at radius 2 is 2.39 bits per heavy atom. The summed E-state index contributed by atoms with van der Waals surface area (Å²) >= 11 is 7.47. The van der Waals surface area contributed by atoms with Gasteiger partial charge in [0.1, 0.15) is 0 Å². The molecule has 1 aromatic rings. The summed E-state index contributed by atoms with van der Waals surface area (Å²) in [4.78, 5) is 17.8. The maximum atomic E-state index is 12.0. The second kappa shape index (κ2) is 5.63. The molecule has 0 aliphatic carbocycles. The molecule has 0 spiro atoms. The fourth-order valence-corrected chi connectivity index (χ4v) is 2.60. The van der Waals surface area contributed by atoms with Gasteiger partial charge in [0.2, 0.25) is 0 Å². The predicted octanol–water partition coefficient (Wildman–Crippen LogP) is 3.30. The summed E-state index contributed by atoms with van der Waals surface area (Å²) in [5.74, 6) is 0. The largest absolute Gasteiger partial charge is 0.327 e. The van der Waals surface area contributed by atoms with Crippen LogP contribution in [0.1, 0.15) is 6.92 Å². The molecule has 0 unspecified atom stereocenters. The van der Waals surface area contributed by atoms with Crippen LogP contribution in [0.25, 0.3) is 0 Å². The van der Waals surface area contributed by atoms with Gasteiger partial charge in [0.25, 0.3) is 0 Å². The van der Waals surface area contributed by atoms with Crippen molar-refractivity contribution >= 4 is 40.2 Å². The van der Waals surface area contributed by atoms with Crippen LogP contribution in [0.4, 0.5) is 10.5 Å². The van der Waals surface area contributed by atoms with Gasteiger partial charge in [0.05, 0.1) is 6.54 Å². The number of carbonyl (C=O) groups excluding carboxylic acids is 1. The molecule has 1 heterocycles. The third-order valence-corrected chi connectivity index (χ3v) is 3.86. The first kappa shape index (κ1) is 13.2. The summed E-state index contributed by atoms with van der Waals surface area (Å²) < 4.78 is 0. The van der Waals surface area contributed by atoms with Crippen LogP contribution < -0.4 is 5.32 Å². The van der Waals surface area contributed by atoms with Crippen molar-refractivity contribution in [3.05, 3.63) is 29.3 Å². The summed E-state index contributed by atoms with van der Waals surface area (Å²) in [6.45, 7) is 2.85.